The summed E-state index contributed by atoms with van der Waals surface area (Å²) in [4.78, 5) is 11.3. The number of ether oxygens (including phenoxy) is 1. The average molecular weight is 296 g/mol. The van der Waals surface area contributed by atoms with Crippen molar-refractivity contribution in [1.29, 1.82) is 5.26 Å². The van der Waals surface area contributed by atoms with E-state index in [9.17, 15) is 13.2 Å². The molecule has 0 aliphatic rings. The van der Waals surface area contributed by atoms with Crippen LogP contribution in [0.4, 0.5) is 0 Å². The summed E-state index contributed by atoms with van der Waals surface area (Å²) >= 11 is 0. The number of nitrogens with zero attached hydrogens (tertiary/aromatic N) is 2. The first kappa shape index (κ1) is 16.1. The Kier molecular flexibility index (Phi) is 5.25. The highest BCUT2D eigenvalue weighted by atomic mass is 32.2. The summed E-state index contributed by atoms with van der Waals surface area (Å²) < 4.78 is 30.3. The van der Waals surface area contributed by atoms with Crippen LogP contribution in [0, 0.1) is 18.3 Å². The van der Waals surface area contributed by atoms with E-state index in [-0.39, 0.29) is 18.0 Å². The van der Waals surface area contributed by atoms with Crippen LogP contribution in [0.3, 0.4) is 0 Å². The van der Waals surface area contributed by atoms with Gasteiger partial charge in [0.25, 0.3) is 0 Å². The summed E-state index contributed by atoms with van der Waals surface area (Å²) in [5.41, 5.74) is 0.989. The first-order valence-electron chi connectivity index (χ1n) is 5.94. The van der Waals surface area contributed by atoms with Crippen LogP contribution in [0.2, 0.25) is 0 Å². The largest absolute Gasteiger partial charge is 0.468 e. The molecule has 108 valence electrons. The Morgan fingerprint density at radius 1 is 1.45 bits per heavy atom. The van der Waals surface area contributed by atoms with Crippen molar-refractivity contribution in [3.63, 3.8) is 0 Å². The highest BCUT2D eigenvalue weighted by molar-refractivity contribution is 7.89. The minimum atomic E-state index is -3.78. The SMILES string of the molecule is CCN(CC(=O)OC)S(=O)(=O)c1ccc(C#N)c(C)c1. The summed E-state index contributed by atoms with van der Waals surface area (Å²) in [5.74, 6) is -0.624. The fraction of sp³-hybridized carbons (Fsp3) is 0.385. The van der Waals surface area contributed by atoms with Crippen LogP contribution in [-0.2, 0) is 19.6 Å². The lowest BCUT2D eigenvalue weighted by Crippen LogP contribution is -2.36. The van der Waals surface area contributed by atoms with Gasteiger partial charge in [-0.3, -0.25) is 4.79 Å². The van der Waals surface area contributed by atoms with E-state index < -0.39 is 16.0 Å². The Balaban J connectivity index is 3.18. The van der Waals surface area contributed by atoms with Crippen molar-refractivity contribution in [3.05, 3.63) is 29.3 Å². The van der Waals surface area contributed by atoms with Gasteiger partial charge in [-0.05, 0) is 30.7 Å². The van der Waals surface area contributed by atoms with Crippen molar-refractivity contribution in [1.82, 2.24) is 4.31 Å². The van der Waals surface area contributed by atoms with E-state index in [1.807, 2.05) is 6.07 Å². The molecule has 1 aromatic rings. The van der Waals surface area contributed by atoms with Crippen LogP contribution in [0.25, 0.3) is 0 Å². The maximum Gasteiger partial charge on any atom is 0.321 e. The first-order valence-corrected chi connectivity index (χ1v) is 7.38. The monoisotopic (exact) mass is 296 g/mol. The summed E-state index contributed by atoms with van der Waals surface area (Å²) in [7, 11) is -2.58. The molecule has 0 spiro atoms. The Morgan fingerprint density at radius 3 is 2.55 bits per heavy atom. The van der Waals surface area contributed by atoms with Gasteiger partial charge in [-0.2, -0.15) is 9.57 Å². The fourth-order valence-corrected chi connectivity index (χ4v) is 3.13. The van der Waals surface area contributed by atoms with Crippen LogP contribution >= 0.6 is 0 Å². The third-order valence-electron chi connectivity index (χ3n) is 2.84. The van der Waals surface area contributed by atoms with E-state index in [2.05, 4.69) is 4.74 Å². The van der Waals surface area contributed by atoms with Crippen molar-refractivity contribution in [2.45, 2.75) is 18.7 Å². The molecule has 0 fully saturated rings. The minimum Gasteiger partial charge on any atom is -0.468 e. The smallest absolute Gasteiger partial charge is 0.321 e. The highest BCUT2D eigenvalue weighted by Crippen LogP contribution is 2.19. The molecule has 0 aromatic heterocycles. The number of sulfonamides is 1. The molecule has 20 heavy (non-hydrogen) atoms. The van der Waals surface area contributed by atoms with Crippen molar-refractivity contribution in [2.75, 3.05) is 20.2 Å². The molecular weight excluding hydrogens is 280 g/mol. The van der Waals surface area contributed by atoms with Crippen molar-refractivity contribution in [3.8, 4) is 6.07 Å². The lowest BCUT2D eigenvalue weighted by Gasteiger charge is -2.19. The maximum atomic E-state index is 12.4. The molecule has 0 atom stereocenters. The molecule has 1 aromatic carbocycles. The molecule has 0 N–H and O–H groups in total. The van der Waals surface area contributed by atoms with Crippen LogP contribution in [-0.4, -0.2) is 38.9 Å². The molecule has 0 aliphatic heterocycles. The summed E-state index contributed by atoms with van der Waals surface area (Å²) in [5, 5.41) is 8.85. The average Bonchev–Trinajstić information content (AvgIpc) is 2.43. The first-order chi connectivity index (χ1) is 9.36. The number of likely N-dealkylation sites (N-methyl/N-ethyl adjacent to an activating group) is 1. The van der Waals surface area contributed by atoms with Gasteiger partial charge >= 0.3 is 5.97 Å². The van der Waals surface area contributed by atoms with Gasteiger partial charge in [0, 0.05) is 6.54 Å². The van der Waals surface area contributed by atoms with E-state index in [4.69, 9.17) is 5.26 Å². The standard InChI is InChI=1S/C13H16N2O4S/c1-4-15(9-13(16)19-3)20(17,18)12-6-5-11(8-14)10(2)7-12/h5-7H,4,9H2,1-3H3. The predicted octanol–water partition coefficient (Wildman–Crippen LogP) is 1.05. The second-order valence-corrected chi connectivity index (χ2v) is 6.03. The Morgan fingerprint density at radius 2 is 2.10 bits per heavy atom. The second-order valence-electron chi connectivity index (χ2n) is 4.10. The van der Waals surface area contributed by atoms with Gasteiger partial charge in [-0.15, -0.1) is 0 Å². The van der Waals surface area contributed by atoms with Gasteiger partial charge < -0.3 is 4.74 Å². The molecule has 0 saturated carbocycles. The minimum absolute atomic E-state index is 0.0553. The number of hydrogen-bond acceptors (Lipinski definition) is 5. The number of nitriles is 1. The molecule has 0 aliphatic carbocycles. The van der Waals surface area contributed by atoms with Gasteiger partial charge in [-0.1, -0.05) is 6.92 Å². The zero-order chi connectivity index (χ0) is 15.3. The number of carbonyl (C=O) groups excluding carboxylic acids is 1. The number of carbonyl (C=O) groups is 1. The van der Waals surface area contributed by atoms with Crippen LogP contribution in [0.5, 0.6) is 0 Å². The molecule has 1 rings (SSSR count). The third kappa shape index (κ3) is 3.35. The van der Waals surface area contributed by atoms with Crippen LogP contribution in [0.1, 0.15) is 18.1 Å². The topological polar surface area (TPSA) is 87.5 Å². The number of methoxy groups -OCH3 is 1. The lowest BCUT2D eigenvalue weighted by molar-refractivity contribution is -0.140. The Labute approximate surface area is 118 Å². The fourth-order valence-electron chi connectivity index (χ4n) is 1.65. The third-order valence-corrected chi connectivity index (χ3v) is 4.76. The zero-order valence-electron chi connectivity index (χ0n) is 11.6. The van der Waals surface area contributed by atoms with Crippen LogP contribution < -0.4 is 0 Å². The van der Waals surface area contributed by atoms with Gasteiger partial charge in [0.2, 0.25) is 10.0 Å². The van der Waals surface area contributed by atoms with Crippen molar-refractivity contribution in [2.24, 2.45) is 0 Å². The number of aryl methyl sites for hydroxylation is 1. The Bertz CT molecular complexity index is 647. The molecule has 0 saturated heterocycles. The predicted molar refractivity (Wildman–Crippen MR) is 72.3 cm³/mol. The van der Waals surface area contributed by atoms with Gasteiger partial charge in [0.1, 0.15) is 6.54 Å². The number of benzene rings is 1. The van der Waals surface area contributed by atoms with E-state index >= 15 is 0 Å². The molecule has 0 bridgehead atoms. The number of rotatable bonds is 5. The molecule has 0 amide bonds. The van der Waals surface area contributed by atoms with Crippen molar-refractivity contribution < 1.29 is 17.9 Å². The normalized spacial score (nSPS) is 11.2. The number of esters is 1. The molecule has 6 nitrogen and oxygen atoms in total. The van der Waals surface area contributed by atoms with Gasteiger partial charge in [0.15, 0.2) is 0 Å². The molecule has 0 heterocycles. The summed E-state index contributed by atoms with van der Waals surface area (Å²) in [6, 6.07) is 6.21. The molecular formula is C13H16N2O4S. The lowest BCUT2D eigenvalue weighted by atomic mass is 10.1. The van der Waals surface area contributed by atoms with Gasteiger partial charge in [-0.25, -0.2) is 8.42 Å². The Hall–Kier alpha value is -1.91. The molecule has 0 radical (unpaired) electrons. The highest BCUT2D eigenvalue weighted by Gasteiger charge is 2.25. The van der Waals surface area contributed by atoms with E-state index in [0.717, 1.165) is 4.31 Å². The van der Waals surface area contributed by atoms with Crippen molar-refractivity contribution >= 4 is 16.0 Å². The van der Waals surface area contributed by atoms with E-state index in [1.54, 1.807) is 13.8 Å². The quantitative estimate of drug-likeness (QED) is 0.758. The van der Waals surface area contributed by atoms with Gasteiger partial charge in [0.05, 0.1) is 23.6 Å². The summed E-state index contributed by atoms with van der Waals surface area (Å²) in [6.45, 7) is 3.11. The van der Waals surface area contributed by atoms with E-state index in [1.165, 1.54) is 25.3 Å². The molecule has 7 heteroatoms. The molecule has 0 unspecified atom stereocenters. The summed E-state index contributed by atoms with van der Waals surface area (Å²) in [6.07, 6.45) is 0. The van der Waals surface area contributed by atoms with E-state index in [0.29, 0.717) is 11.1 Å². The maximum absolute atomic E-state index is 12.4. The van der Waals surface area contributed by atoms with Crippen LogP contribution in [0.15, 0.2) is 23.1 Å². The second kappa shape index (κ2) is 6.50. The zero-order valence-corrected chi connectivity index (χ0v) is 12.4. The number of hydrogen-bond donors (Lipinski definition) is 0.